The Labute approximate surface area is 265 Å². The number of piperazine rings is 1. The van der Waals surface area contributed by atoms with Crippen molar-refractivity contribution in [1.29, 1.82) is 0 Å². The summed E-state index contributed by atoms with van der Waals surface area (Å²) in [6, 6.07) is 15.5. The lowest BCUT2D eigenvalue weighted by Crippen LogP contribution is -2.44. The number of anilines is 5. The molecule has 2 N–H and O–H groups in total. The maximum absolute atomic E-state index is 13.6. The fourth-order valence-electron chi connectivity index (χ4n) is 5.82. The zero-order chi connectivity index (χ0) is 32.6. The van der Waals surface area contributed by atoms with Gasteiger partial charge in [0.2, 0.25) is 5.95 Å². The van der Waals surface area contributed by atoms with E-state index >= 15 is 0 Å². The highest BCUT2D eigenvalue weighted by molar-refractivity contribution is 6.09. The van der Waals surface area contributed by atoms with Gasteiger partial charge in [-0.05, 0) is 80.6 Å². The standard InChI is InChI=1S/C34H34F3N7O2/c1-21-7-8-26(39-31(45)23-5-4-6-24(18-23)34(35,36)37)19-30(21)44-12-11-28-27(32(44)46)20-38-33(41-28)40-25-9-10-29(22(2)17-25)43-15-13-42(3)14-16-43/h4-10,17-20H,11-16H2,1-3H3,(H,39,45)(H,38,40,41). The normalized spacial score (nSPS) is 15.5. The molecule has 2 amide bonds. The number of carbonyl (C=O) groups excluding carboxylic acids is 2. The first-order chi connectivity index (χ1) is 22.0. The molecule has 0 spiro atoms. The van der Waals surface area contributed by atoms with Gasteiger partial charge in [-0.1, -0.05) is 12.1 Å². The van der Waals surface area contributed by atoms with Gasteiger partial charge in [-0.15, -0.1) is 0 Å². The van der Waals surface area contributed by atoms with E-state index in [-0.39, 0.29) is 11.5 Å². The molecule has 0 saturated carbocycles. The average Bonchev–Trinajstić information content (AvgIpc) is 3.03. The van der Waals surface area contributed by atoms with Crippen LogP contribution in [0.15, 0.2) is 66.9 Å². The molecule has 0 radical (unpaired) electrons. The molecule has 9 nitrogen and oxygen atoms in total. The van der Waals surface area contributed by atoms with Crippen molar-refractivity contribution < 1.29 is 22.8 Å². The number of alkyl halides is 3. The van der Waals surface area contributed by atoms with Gasteiger partial charge in [0.1, 0.15) is 0 Å². The Morgan fingerprint density at radius 1 is 0.870 bits per heavy atom. The van der Waals surface area contributed by atoms with Gasteiger partial charge in [0, 0.05) is 73.7 Å². The monoisotopic (exact) mass is 629 g/mol. The summed E-state index contributed by atoms with van der Waals surface area (Å²) in [7, 11) is 2.14. The number of rotatable bonds is 6. The number of nitrogens with one attached hydrogen (secondary N) is 2. The van der Waals surface area contributed by atoms with E-state index in [0.29, 0.717) is 41.5 Å². The summed E-state index contributed by atoms with van der Waals surface area (Å²) in [6.45, 7) is 8.33. The van der Waals surface area contributed by atoms with Gasteiger partial charge < -0.3 is 25.3 Å². The number of hydrogen-bond acceptors (Lipinski definition) is 7. The molecule has 0 bridgehead atoms. The van der Waals surface area contributed by atoms with E-state index < -0.39 is 17.6 Å². The van der Waals surface area contributed by atoms with Crippen molar-refractivity contribution in [2.45, 2.75) is 26.4 Å². The molecule has 4 aromatic rings. The Balaban J connectivity index is 1.15. The first-order valence-corrected chi connectivity index (χ1v) is 15.0. The van der Waals surface area contributed by atoms with Crippen LogP contribution in [0.2, 0.25) is 0 Å². The largest absolute Gasteiger partial charge is 0.416 e. The van der Waals surface area contributed by atoms with Crippen molar-refractivity contribution in [2.75, 3.05) is 60.2 Å². The summed E-state index contributed by atoms with van der Waals surface area (Å²) in [4.78, 5) is 41.8. The van der Waals surface area contributed by atoms with Crippen molar-refractivity contribution in [3.63, 3.8) is 0 Å². The van der Waals surface area contributed by atoms with Gasteiger partial charge in [-0.3, -0.25) is 9.59 Å². The highest BCUT2D eigenvalue weighted by Gasteiger charge is 2.31. The number of likely N-dealkylation sites (N-methyl/N-ethyl adjacent to an activating group) is 1. The van der Waals surface area contributed by atoms with Gasteiger partial charge in [-0.25, -0.2) is 9.97 Å². The van der Waals surface area contributed by atoms with E-state index in [1.54, 1.807) is 23.1 Å². The van der Waals surface area contributed by atoms with Crippen LogP contribution in [0.3, 0.4) is 0 Å². The van der Waals surface area contributed by atoms with E-state index in [1.807, 2.05) is 13.0 Å². The number of aromatic nitrogens is 2. The van der Waals surface area contributed by atoms with Crippen LogP contribution in [0, 0.1) is 13.8 Å². The molecule has 3 aromatic carbocycles. The van der Waals surface area contributed by atoms with E-state index in [0.717, 1.165) is 55.1 Å². The third-order valence-corrected chi connectivity index (χ3v) is 8.42. The molecule has 0 unspecified atom stereocenters. The quantitative estimate of drug-likeness (QED) is 0.268. The number of carbonyl (C=O) groups is 2. The van der Waals surface area contributed by atoms with Gasteiger partial charge in [-0.2, -0.15) is 13.2 Å². The maximum atomic E-state index is 13.6. The number of halogens is 3. The summed E-state index contributed by atoms with van der Waals surface area (Å²) in [6.07, 6.45) is -2.55. The molecule has 238 valence electrons. The molecule has 12 heteroatoms. The van der Waals surface area contributed by atoms with Crippen LogP contribution in [0.25, 0.3) is 0 Å². The number of hydrogen-bond donors (Lipinski definition) is 2. The maximum Gasteiger partial charge on any atom is 0.416 e. The molecule has 1 fully saturated rings. The highest BCUT2D eigenvalue weighted by atomic mass is 19.4. The lowest BCUT2D eigenvalue weighted by atomic mass is 10.0. The average molecular weight is 630 g/mol. The number of nitrogens with zero attached hydrogens (tertiary/aromatic N) is 5. The summed E-state index contributed by atoms with van der Waals surface area (Å²) >= 11 is 0. The third-order valence-electron chi connectivity index (χ3n) is 8.42. The summed E-state index contributed by atoms with van der Waals surface area (Å²) in [5, 5.41) is 5.93. The minimum Gasteiger partial charge on any atom is -0.369 e. The van der Waals surface area contributed by atoms with Gasteiger partial charge in [0.05, 0.1) is 16.8 Å². The van der Waals surface area contributed by atoms with Crippen LogP contribution in [-0.2, 0) is 12.6 Å². The second-order valence-electron chi connectivity index (χ2n) is 11.7. The molecule has 1 saturated heterocycles. The predicted octanol–water partition coefficient (Wildman–Crippen LogP) is 6.06. The minimum absolute atomic E-state index is 0.123. The molecular formula is C34H34F3N7O2. The fraction of sp³-hybridized carbons (Fsp3) is 0.294. The van der Waals surface area contributed by atoms with Gasteiger partial charge in [0.15, 0.2) is 0 Å². The van der Waals surface area contributed by atoms with Crippen LogP contribution in [0.1, 0.15) is 43.1 Å². The van der Waals surface area contributed by atoms with Crippen molar-refractivity contribution in [3.05, 3.63) is 100 Å². The topological polar surface area (TPSA) is 93.7 Å². The Hall–Kier alpha value is -4.97. The molecule has 2 aliphatic heterocycles. The number of benzene rings is 3. The minimum atomic E-state index is -4.56. The van der Waals surface area contributed by atoms with Crippen LogP contribution >= 0.6 is 0 Å². The molecular weight excluding hydrogens is 595 g/mol. The third kappa shape index (κ3) is 6.52. The Kier molecular flexibility index (Phi) is 8.39. The predicted molar refractivity (Wildman–Crippen MR) is 172 cm³/mol. The van der Waals surface area contributed by atoms with Crippen molar-refractivity contribution in [3.8, 4) is 0 Å². The molecule has 2 aliphatic rings. The Morgan fingerprint density at radius 3 is 2.37 bits per heavy atom. The zero-order valence-electron chi connectivity index (χ0n) is 25.8. The molecule has 3 heterocycles. The van der Waals surface area contributed by atoms with Crippen molar-refractivity contribution >= 4 is 40.5 Å². The van der Waals surface area contributed by atoms with E-state index in [2.05, 4.69) is 56.5 Å². The molecule has 6 rings (SSSR count). The molecule has 0 aliphatic carbocycles. The van der Waals surface area contributed by atoms with E-state index in [1.165, 1.54) is 24.0 Å². The summed E-state index contributed by atoms with van der Waals surface area (Å²) in [5.74, 6) is -0.555. The fourth-order valence-corrected chi connectivity index (χ4v) is 5.82. The van der Waals surface area contributed by atoms with Gasteiger partial charge >= 0.3 is 6.18 Å². The molecule has 1 aromatic heterocycles. The zero-order valence-corrected chi connectivity index (χ0v) is 25.8. The first-order valence-electron chi connectivity index (χ1n) is 15.0. The van der Waals surface area contributed by atoms with Crippen molar-refractivity contribution in [2.24, 2.45) is 0 Å². The number of fused-ring (bicyclic) bond motifs is 1. The van der Waals surface area contributed by atoms with E-state index in [9.17, 15) is 22.8 Å². The Morgan fingerprint density at radius 2 is 1.63 bits per heavy atom. The smallest absolute Gasteiger partial charge is 0.369 e. The highest BCUT2D eigenvalue weighted by Crippen LogP contribution is 2.32. The van der Waals surface area contributed by atoms with E-state index in [4.69, 9.17) is 0 Å². The number of aryl methyl sites for hydroxylation is 2. The second kappa shape index (κ2) is 12.4. The van der Waals surface area contributed by atoms with Crippen LogP contribution in [0.4, 0.5) is 41.9 Å². The summed E-state index contributed by atoms with van der Waals surface area (Å²) in [5.41, 5.74) is 4.95. The molecule has 46 heavy (non-hydrogen) atoms. The second-order valence-corrected chi connectivity index (χ2v) is 11.7. The summed E-state index contributed by atoms with van der Waals surface area (Å²) < 4.78 is 39.4. The van der Waals surface area contributed by atoms with Crippen LogP contribution < -0.4 is 20.4 Å². The SMILES string of the molecule is Cc1cc(Nc2ncc3c(n2)CCN(c2cc(NC(=O)c4cccc(C(F)(F)F)c4)ccc2C)C3=O)ccc1N1CCN(C)CC1. The van der Waals surface area contributed by atoms with Crippen molar-refractivity contribution in [1.82, 2.24) is 14.9 Å². The van der Waals surface area contributed by atoms with Gasteiger partial charge in [0.25, 0.3) is 11.8 Å². The number of amides is 2. The van der Waals surface area contributed by atoms with Crippen LogP contribution in [0.5, 0.6) is 0 Å². The lowest BCUT2D eigenvalue weighted by molar-refractivity contribution is -0.137. The van der Waals surface area contributed by atoms with Crippen LogP contribution in [-0.4, -0.2) is 66.5 Å². The lowest BCUT2D eigenvalue weighted by Gasteiger charge is -2.35. The Bertz CT molecular complexity index is 1800. The molecule has 0 atom stereocenters. The first kappa shape index (κ1) is 31.0.